The molecule has 2 aromatic rings. The summed E-state index contributed by atoms with van der Waals surface area (Å²) in [5.41, 5.74) is 2.22. The van der Waals surface area contributed by atoms with Gasteiger partial charge in [-0.3, -0.25) is 4.98 Å². The number of hydrogen-bond donors (Lipinski definition) is 1. The molecule has 0 spiro atoms. The molecule has 4 heteroatoms. The molecule has 1 N–H and O–H groups in total. The van der Waals surface area contributed by atoms with E-state index in [-0.39, 0.29) is 0 Å². The first-order chi connectivity index (χ1) is 7.86. The number of ether oxygens (including phenoxy) is 1. The van der Waals surface area contributed by atoms with Crippen molar-refractivity contribution in [2.75, 3.05) is 12.4 Å². The second kappa shape index (κ2) is 3.72. The van der Waals surface area contributed by atoms with E-state index in [4.69, 9.17) is 4.74 Å². The zero-order valence-electron chi connectivity index (χ0n) is 8.73. The minimum absolute atomic E-state index is 0.875. The van der Waals surface area contributed by atoms with Gasteiger partial charge in [-0.25, -0.2) is 0 Å². The van der Waals surface area contributed by atoms with Gasteiger partial charge in [-0.05, 0) is 24.3 Å². The number of pyridine rings is 1. The van der Waals surface area contributed by atoms with Crippen LogP contribution in [-0.2, 0) is 0 Å². The molecule has 0 radical (unpaired) electrons. The molecule has 80 valence electrons. The Hall–Kier alpha value is -1.68. The molecule has 0 unspecified atom stereocenters. The van der Waals surface area contributed by atoms with Crippen LogP contribution in [-0.4, -0.2) is 12.1 Å². The third kappa shape index (κ3) is 1.51. The Balaban J connectivity index is 2.05. The molecule has 0 fully saturated rings. The predicted molar refractivity (Wildman–Crippen MR) is 64.6 cm³/mol. The summed E-state index contributed by atoms with van der Waals surface area (Å²) < 4.78 is 5.21. The summed E-state index contributed by atoms with van der Waals surface area (Å²) in [6.45, 7) is 0. The second-order valence-electron chi connectivity index (χ2n) is 3.46. The fourth-order valence-corrected chi connectivity index (χ4v) is 2.63. The average molecular weight is 230 g/mol. The van der Waals surface area contributed by atoms with Gasteiger partial charge in [0.1, 0.15) is 5.75 Å². The molecule has 1 aromatic heterocycles. The van der Waals surface area contributed by atoms with Crippen LogP contribution in [0, 0.1) is 0 Å². The van der Waals surface area contributed by atoms with Gasteiger partial charge < -0.3 is 10.1 Å². The molecule has 0 atom stereocenters. The highest BCUT2D eigenvalue weighted by Gasteiger charge is 2.15. The van der Waals surface area contributed by atoms with Gasteiger partial charge in [0, 0.05) is 17.3 Å². The molecule has 1 aliphatic heterocycles. The van der Waals surface area contributed by atoms with Gasteiger partial charge in [0.05, 0.1) is 23.4 Å². The number of hydrogen-bond acceptors (Lipinski definition) is 4. The molecule has 0 saturated carbocycles. The summed E-state index contributed by atoms with van der Waals surface area (Å²) in [5.74, 6) is 0.875. The summed E-state index contributed by atoms with van der Waals surface area (Å²) in [5, 5.41) is 3.38. The molecule has 0 bridgehead atoms. The number of anilines is 2. The summed E-state index contributed by atoms with van der Waals surface area (Å²) in [6, 6.07) is 8.00. The molecule has 16 heavy (non-hydrogen) atoms. The number of nitrogens with zero attached hydrogens (tertiary/aromatic N) is 1. The van der Waals surface area contributed by atoms with E-state index < -0.39 is 0 Å². The lowest BCUT2D eigenvalue weighted by atomic mass is 10.2. The molecule has 2 heterocycles. The normalized spacial score (nSPS) is 12.3. The van der Waals surface area contributed by atoms with Crippen molar-refractivity contribution in [3.05, 3.63) is 36.7 Å². The Kier molecular flexibility index (Phi) is 2.22. The van der Waals surface area contributed by atoms with Gasteiger partial charge in [-0.2, -0.15) is 0 Å². The fourth-order valence-electron chi connectivity index (χ4n) is 1.65. The van der Waals surface area contributed by atoms with Crippen LogP contribution in [0.2, 0.25) is 0 Å². The monoisotopic (exact) mass is 230 g/mol. The molecule has 0 aliphatic carbocycles. The van der Waals surface area contributed by atoms with Crippen LogP contribution in [0.15, 0.2) is 46.5 Å². The van der Waals surface area contributed by atoms with Gasteiger partial charge in [0.2, 0.25) is 0 Å². The SMILES string of the molecule is COc1ccc2c(c1)Sc1cnccc1N2. The summed E-state index contributed by atoms with van der Waals surface area (Å²) in [7, 11) is 1.68. The summed E-state index contributed by atoms with van der Waals surface area (Å²) in [4.78, 5) is 6.43. The number of benzene rings is 1. The van der Waals surface area contributed by atoms with Crippen LogP contribution in [0.4, 0.5) is 11.4 Å². The lowest BCUT2D eigenvalue weighted by Gasteiger charge is -2.20. The van der Waals surface area contributed by atoms with Crippen molar-refractivity contribution in [2.24, 2.45) is 0 Å². The Morgan fingerprint density at radius 1 is 1.19 bits per heavy atom. The van der Waals surface area contributed by atoms with Crippen LogP contribution < -0.4 is 10.1 Å². The number of rotatable bonds is 1. The number of aromatic nitrogens is 1. The fraction of sp³-hybridized carbons (Fsp3) is 0.0833. The van der Waals surface area contributed by atoms with Gasteiger partial charge in [-0.15, -0.1) is 0 Å². The lowest BCUT2D eigenvalue weighted by molar-refractivity contribution is 0.414. The third-order valence-corrected chi connectivity index (χ3v) is 3.57. The maximum atomic E-state index is 5.21. The predicted octanol–water partition coefficient (Wildman–Crippen LogP) is 3.30. The maximum absolute atomic E-state index is 5.21. The van der Waals surface area contributed by atoms with Crippen LogP contribution >= 0.6 is 11.8 Å². The van der Waals surface area contributed by atoms with Crippen molar-refractivity contribution in [3.63, 3.8) is 0 Å². The molecular weight excluding hydrogens is 220 g/mol. The van der Waals surface area contributed by atoms with Crippen molar-refractivity contribution in [1.29, 1.82) is 0 Å². The van der Waals surface area contributed by atoms with Crippen molar-refractivity contribution >= 4 is 23.1 Å². The standard InChI is InChI=1S/C12H10N2OS/c1-15-8-2-3-9-11(6-8)16-12-7-13-5-4-10(12)14-9/h2-7,14H,1H3. The zero-order chi connectivity index (χ0) is 11.0. The van der Waals surface area contributed by atoms with E-state index in [0.29, 0.717) is 0 Å². The number of nitrogens with one attached hydrogen (secondary N) is 1. The minimum Gasteiger partial charge on any atom is -0.497 e. The number of fused-ring (bicyclic) bond motifs is 2. The topological polar surface area (TPSA) is 34.1 Å². The molecule has 0 amide bonds. The quantitative estimate of drug-likeness (QED) is 0.695. The Morgan fingerprint density at radius 2 is 2.06 bits per heavy atom. The average Bonchev–Trinajstić information content (AvgIpc) is 2.35. The zero-order valence-corrected chi connectivity index (χ0v) is 9.54. The molecule has 1 aromatic carbocycles. The highest BCUT2D eigenvalue weighted by Crippen LogP contribution is 2.44. The van der Waals surface area contributed by atoms with Gasteiger partial charge in [-0.1, -0.05) is 11.8 Å². The van der Waals surface area contributed by atoms with E-state index in [1.807, 2.05) is 30.5 Å². The Labute approximate surface area is 97.9 Å². The van der Waals surface area contributed by atoms with E-state index in [9.17, 15) is 0 Å². The van der Waals surface area contributed by atoms with Crippen molar-refractivity contribution < 1.29 is 4.74 Å². The van der Waals surface area contributed by atoms with Crippen molar-refractivity contribution in [2.45, 2.75) is 9.79 Å². The first-order valence-corrected chi connectivity index (χ1v) is 5.75. The van der Waals surface area contributed by atoms with Gasteiger partial charge >= 0.3 is 0 Å². The van der Waals surface area contributed by atoms with Gasteiger partial charge in [0.25, 0.3) is 0 Å². The Morgan fingerprint density at radius 3 is 2.94 bits per heavy atom. The molecule has 3 nitrogen and oxygen atoms in total. The van der Waals surface area contributed by atoms with Crippen LogP contribution in [0.1, 0.15) is 0 Å². The highest BCUT2D eigenvalue weighted by atomic mass is 32.2. The lowest BCUT2D eigenvalue weighted by Crippen LogP contribution is -2.00. The summed E-state index contributed by atoms with van der Waals surface area (Å²) >= 11 is 1.71. The minimum atomic E-state index is 0.875. The Bertz CT molecular complexity index is 542. The largest absolute Gasteiger partial charge is 0.497 e. The van der Waals surface area contributed by atoms with Crippen LogP contribution in [0.3, 0.4) is 0 Å². The van der Waals surface area contributed by atoms with E-state index in [0.717, 1.165) is 22.0 Å². The van der Waals surface area contributed by atoms with Crippen LogP contribution in [0.5, 0.6) is 5.75 Å². The summed E-state index contributed by atoms with van der Waals surface area (Å²) in [6.07, 6.45) is 3.66. The first kappa shape index (κ1) is 9.54. The maximum Gasteiger partial charge on any atom is 0.120 e. The van der Waals surface area contributed by atoms with Crippen molar-refractivity contribution in [3.8, 4) is 5.75 Å². The van der Waals surface area contributed by atoms with E-state index in [1.165, 1.54) is 4.90 Å². The molecular formula is C12H10N2OS. The number of methoxy groups -OCH3 is 1. The van der Waals surface area contributed by atoms with Crippen LogP contribution in [0.25, 0.3) is 0 Å². The highest BCUT2D eigenvalue weighted by molar-refractivity contribution is 7.99. The first-order valence-electron chi connectivity index (χ1n) is 4.94. The molecule has 0 saturated heterocycles. The second-order valence-corrected chi connectivity index (χ2v) is 4.54. The van der Waals surface area contributed by atoms with E-state index in [2.05, 4.69) is 10.3 Å². The third-order valence-electron chi connectivity index (χ3n) is 2.46. The smallest absolute Gasteiger partial charge is 0.120 e. The van der Waals surface area contributed by atoms with Crippen molar-refractivity contribution in [1.82, 2.24) is 4.98 Å². The molecule has 3 rings (SSSR count). The van der Waals surface area contributed by atoms with E-state index in [1.54, 1.807) is 25.1 Å². The van der Waals surface area contributed by atoms with E-state index >= 15 is 0 Å². The molecule has 1 aliphatic rings. The van der Waals surface area contributed by atoms with Gasteiger partial charge in [0.15, 0.2) is 0 Å².